The lowest BCUT2D eigenvalue weighted by molar-refractivity contribution is 0.0696. The Labute approximate surface area is 216 Å². The molecule has 0 amide bonds. The molecule has 2 aromatic heterocycles. The van der Waals surface area contributed by atoms with Crippen LogP contribution in [0.25, 0.3) is 32.5 Å². The van der Waals surface area contributed by atoms with E-state index >= 15 is 0 Å². The summed E-state index contributed by atoms with van der Waals surface area (Å²) in [4.78, 5) is 44.7. The Morgan fingerprint density at radius 3 is 2.49 bits per heavy atom. The molecule has 3 aromatic carbocycles. The van der Waals surface area contributed by atoms with E-state index in [1.165, 1.54) is 11.3 Å². The molecule has 0 aliphatic heterocycles. The van der Waals surface area contributed by atoms with E-state index in [1.54, 1.807) is 31.4 Å². The first kappa shape index (κ1) is 24.1. The fourth-order valence-corrected chi connectivity index (χ4v) is 5.12. The highest BCUT2D eigenvalue weighted by Gasteiger charge is 2.17. The number of fused-ring (bicyclic) bond motifs is 1. The number of aryl methyl sites for hydroxylation is 1. The summed E-state index contributed by atoms with van der Waals surface area (Å²) in [5.41, 5.74) is 4.14. The summed E-state index contributed by atoms with van der Waals surface area (Å²) >= 11 is 1.32. The van der Waals surface area contributed by atoms with Crippen LogP contribution in [-0.4, -0.2) is 33.9 Å². The summed E-state index contributed by atoms with van der Waals surface area (Å²) < 4.78 is 5.23. The average Bonchev–Trinajstić information content (AvgIpc) is 3.37. The van der Waals surface area contributed by atoms with Gasteiger partial charge >= 0.3 is 5.97 Å². The molecule has 0 aliphatic rings. The number of carboxylic acids is 1. The number of aromatic carboxylic acids is 1. The van der Waals surface area contributed by atoms with Crippen LogP contribution in [0, 0.1) is 0 Å². The van der Waals surface area contributed by atoms with Crippen LogP contribution in [0.2, 0.25) is 0 Å². The van der Waals surface area contributed by atoms with E-state index in [9.17, 15) is 14.4 Å². The van der Waals surface area contributed by atoms with Crippen molar-refractivity contribution in [2.24, 2.45) is 0 Å². The molecule has 7 nitrogen and oxygen atoms in total. The molecule has 0 saturated carbocycles. The molecule has 0 unspecified atom stereocenters. The molecule has 0 atom stereocenters. The molecule has 0 spiro atoms. The van der Waals surface area contributed by atoms with E-state index < -0.39 is 5.97 Å². The molecular formula is C29H22N2O5S. The standard InChI is InChI=1S/C29H22N2O5S/c1-36-22-7-2-4-17(14-22)8-13-24(32)26-30-27(33)25-23(16-37-28(25)31-26)21-6-3-5-20(15-21)18-9-11-19(12-10-18)29(34)35/h2-7,9-12,14-16H,8,13H2,1H3,(H,34,35)(H,30,31,33). The van der Waals surface area contributed by atoms with Crippen molar-refractivity contribution >= 4 is 33.3 Å². The van der Waals surface area contributed by atoms with Gasteiger partial charge in [0.15, 0.2) is 11.6 Å². The fourth-order valence-electron chi connectivity index (χ4n) is 4.17. The lowest BCUT2D eigenvalue weighted by atomic mass is 9.98. The largest absolute Gasteiger partial charge is 0.497 e. The summed E-state index contributed by atoms with van der Waals surface area (Å²) in [5, 5.41) is 11.4. The predicted molar refractivity (Wildman–Crippen MR) is 144 cm³/mol. The van der Waals surface area contributed by atoms with Gasteiger partial charge in [0, 0.05) is 17.4 Å². The summed E-state index contributed by atoms with van der Waals surface area (Å²) in [6.45, 7) is 0. The topological polar surface area (TPSA) is 109 Å². The predicted octanol–water partition coefficient (Wildman–Crippen LogP) is 5.84. The zero-order valence-corrected chi connectivity index (χ0v) is 20.7. The molecule has 0 saturated heterocycles. The molecule has 37 heavy (non-hydrogen) atoms. The third-order valence-corrected chi connectivity index (χ3v) is 6.99. The van der Waals surface area contributed by atoms with E-state index in [2.05, 4.69) is 9.97 Å². The van der Waals surface area contributed by atoms with Gasteiger partial charge in [-0.1, -0.05) is 42.5 Å². The van der Waals surface area contributed by atoms with Crippen molar-refractivity contribution < 1.29 is 19.4 Å². The molecule has 184 valence electrons. The molecule has 0 aliphatic carbocycles. The van der Waals surface area contributed by atoms with E-state index in [4.69, 9.17) is 9.84 Å². The number of thiophene rings is 1. The Bertz CT molecular complexity index is 1690. The van der Waals surface area contributed by atoms with Crippen LogP contribution >= 0.6 is 11.3 Å². The van der Waals surface area contributed by atoms with Crippen molar-refractivity contribution in [3.63, 3.8) is 0 Å². The zero-order chi connectivity index (χ0) is 25.9. The summed E-state index contributed by atoms with van der Waals surface area (Å²) in [6, 6.07) is 21.8. The van der Waals surface area contributed by atoms with Crippen LogP contribution in [0.3, 0.4) is 0 Å². The molecule has 5 rings (SSSR count). The molecule has 5 aromatic rings. The second-order valence-electron chi connectivity index (χ2n) is 8.48. The van der Waals surface area contributed by atoms with Crippen LogP contribution in [0.15, 0.2) is 83.0 Å². The van der Waals surface area contributed by atoms with Crippen molar-refractivity contribution in [1.82, 2.24) is 9.97 Å². The summed E-state index contributed by atoms with van der Waals surface area (Å²) in [5.74, 6) is -0.426. The van der Waals surface area contributed by atoms with Gasteiger partial charge in [-0.2, -0.15) is 0 Å². The number of hydrogen-bond acceptors (Lipinski definition) is 6. The second-order valence-corrected chi connectivity index (χ2v) is 9.34. The first-order valence-corrected chi connectivity index (χ1v) is 12.4. The Hall–Kier alpha value is -4.56. The summed E-state index contributed by atoms with van der Waals surface area (Å²) in [6.07, 6.45) is 0.719. The minimum Gasteiger partial charge on any atom is -0.497 e. The number of ketones is 1. The van der Waals surface area contributed by atoms with Crippen molar-refractivity contribution in [3.05, 3.63) is 105 Å². The number of carbonyl (C=O) groups is 2. The number of aromatic nitrogens is 2. The number of rotatable bonds is 8. The average molecular weight is 511 g/mol. The Morgan fingerprint density at radius 2 is 1.73 bits per heavy atom. The SMILES string of the molecule is COc1cccc(CCC(=O)c2nc3scc(-c4cccc(-c5ccc(C(=O)O)cc5)c4)c3c(=O)[nH]2)c1. The van der Waals surface area contributed by atoms with Crippen LogP contribution in [0.5, 0.6) is 5.75 Å². The van der Waals surface area contributed by atoms with E-state index in [-0.39, 0.29) is 29.2 Å². The Balaban J connectivity index is 1.41. The number of Topliss-reactive ketones (excluding diaryl/α,β-unsaturated/α-hetero) is 1. The highest BCUT2D eigenvalue weighted by atomic mass is 32.1. The minimum absolute atomic E-state index is 0.0565. The van der Waals surface area contributed by atoms with Gasteiger partial charge in [0.1, 0.15) is 10.6 Å². The second kappa shape index (κ2) is 10.2. The van der Waals surface area contributed by atoms with Crippen molar-refractivity contribution in [2.45, 2.75) is 12.8 Å². The summed E-state index contributed by atoms with van der Waals surface area (Å²) in [7, 11) is 1.60. The number of carbonyl (C=O) groups excluding carboxylic acids is 1. The lowest BCUT2D eigenvalue weighted by Crippen LogP contribution is -2.16. The van der Waals surface area contributed by atoms with Crippen molar-refractivity contribution in [2.75, 3.05) is 7.11 Å². The van der Waals surface area contributed by atoms with E-state index in [1.807, 2.05) is 53.9 Å². The third-order valence-electron chi connectivity index (χ3n) is 6.12. The molecule has 0 fully saturated rings. The smallest absolute Gasteiger partial charge is 0.335 e. The van der Waals surface area contributed by atoms with Crippen molar-refractivity contribution in [1.29, 1.82) is 0 Å². The molecular weight excluding hydrogens is 488 g/mol. The van der Waals surface area contributed by atoms with Gasteiger partial charge in [0.25, 0.3) is 5.56 Å². The minimum atomic E-state index is -0.977. The van der Waals surface area contributed by atoms with Gasteiger partial charge in [0.05, 0.1) is 18.1 Å². The monoisotopic (exact) mass is 510 g/mol. The van der Waals surface area contributed by atoms with Gasteiger partial charge in [-0.25, -0.2) is 9.78 Å². The first-order chi connectivity index (χ1) is 17.9. The Morgan fingerprint density at radius 1 is 0.973 bits per heavy atom. The normalized spacial score (nSPS) is 10.9. The maximum Gasteiger partial charge on any atom is 0.335 e. The number of H-pyrrole nitrogens is 1. The van der Waals surface area contributed by atoms with Crippen LogP contribution in [-0.2, 0) is 6.42 Å². The third kappa shape index (κ3) is 5.05. The highest BCUT2D eigenvalue weighted by Crippen LogP contribution is 2.33. The van der Waals surface area contributed by atoms with Crippen LogP contribution < -0.4 is 10.3 Å². The number of nitrogens with zero attached hydrogens (tertiary/aromatic N) is 1. The number of benzene rings is 3. The molecule has 8 heteroatoms. The van der Waals surface area contributed by atoms with Gasteiger partial charge in [-0.3, -0.25) is 9.59 Å². The van der Waals surface area contributed by atoms with Gasteiger partial charge in [-0.05, 0) is 59.0 Å². The Kier molecular flexibility index (Phi) is 6.66. The van der Waals surface area contributed by atoms with E-state index in [0.29, 0.717) is 16.6 Å². The van der Waals surface area contributed by atoms with Gasteiger partial charge in [0.2, 0.25) is 0 Å². The van der Waals surface area contributed by atoms with E-state index in [0.717, 1.165) is 33.6 Å². The number of hydrogen-bond donors (Lipinski definition) is 2. The zero-order valence-electron chi connectivity index (χ0n) is 19.9. The quantitative estimate of drug-likeness (QED) is 0.254. The lowest BCUT2D eigenvalue weighted by Gasteiger charge is -2.06. The number of nitrogens with one attached hydrogen (secondary N) is 1. The molecule has 2 N–H and O–H groups in total. The first-order valence-electron chi connectivity index (χ1n) is 11.5. The maximum absolute atomic E-state index is 13.1. The van der Waals surface area contributed by atoms with Gasteiger partial charge < -0.3 is 14.8 Å². The molecule has 2 heterocycles. The van der Waals surface area contributed by atoms with Crippen LogP contribution in [0.1, 0.15) is 33.0 Å². The number of carboxylic acid groups (broad SMARTS) is 1. The number of ether oxygens (including phenoxy) is 1. The fraction of sp³-hybridized carbons (Fsp3) is 0.103. The van der Waals surface area contributed by atoms with Crippen molar-refractivity contribution in [3.8, 4) is 28.0 Å². The van der Waals surface area contributed by atoms with Crippen LogP contribution in [0.4, 0.5) is 0 Å². The molecule has 0 radical (unpaired) electrons. The highest BCUT2D eigenvalue weighted by molar-refractivity contribution is 7.17. The molecule has 0 bridgehead atoms. The maximum atomic E-state index is 13.1. The number of methoxy groups -OCH3 is 1. The van der Waals surface area contributed by atoms with Gasteiger partial charge in [-0.15, -0.1) is 11.3 Å². The number of aromatic amines is 1.